The summed E-state index contributed by atoms with van der Waals surface area (Å²) in [5.74, 6) is -0.408. The van der Waals surface area contributed by atoms with Crippen LogP contribution in [-0.4, -0.2) is 49.6 Å². The molecule has 0 spiro atoms. The second-order valence-corrected chi connectivity index (χ2v) is 3.66. The number of carbonyl (C=O) groups excluding carboxylic acids is 2. The highest BCUT2D eigenvalue weighted by molar-refractivity contribution is 5.94. The number of primary amides is 1. The number of imide groups is 1. The van der Waals surface area contributed by atoms with Crippen LogP contribution < -0.4 is 16.4 Å². The largest absolute Gasteiger partial charge is 0.351 e. The van der Waals surface area contributed by atoms with Gasteiger partial charge in [0.15, 0.2) is 0 Å². The Morgan fingerprint density at radius 1 is 1.40 bits per heavy atom. The minimum Gasteiger partial charge on any atom is -0.351 e. The van der Waals surface area contributed by atoms with Gasteiger partial charge in [-0.2, -0.15) is 0 Å². The average Bonchev–Trinajstić information content (AvgIpc) is 2.10. The summed E-state index contributed by atoms with van der Waals surface area (Å²) in [4.78, 5) is 23.4. The van der Waals surface area contributed by atoms with Gasteiger partial charge >= 0.3 is 6.03 Å². The Kier molecular flexibility index (Phi) is 6.64. The molecule has 6 nitrogen and oxygen atoms in total. The summed E-state index contributed by atoms with van der Waals surface area (Å²) in [7, 11) is 2.01. The summed E-state index contributed by atoms with van der Waals surface area (Å²) in [6.45, 7) is 5.84. The van der Waals surface area contributed by atoms with E-state index in [1.165, 1.54) is 0 Å². The van der Waals surface area contributed by atoms with Crippen LogP contribution in [0, 0.1) is 0 Å². The number of hydrogen-bond donors (Lipinski definition) is 3. The quantitative estimate of drug-likeness (QED) is 0.503. The molecule has 0 fully saturated rings. The smallest absolute Gasteiger partial charge is 0.318 e. The molecule has 0 radical (unpaired) electrons. The summed E-state index contributed by atoms with van der Waals surface area (Å²) in [5, 5.41) is 4.89. The maximum absolute atomic E-state index is 10.9. The molecule has 15 heavy (non-hydrogen) atoms. The first-order chi connectivity index (χ1) is 6.93. The number of nitrogens with two attached hydrogens (primary N) is 1. The molecule has 0 aromatic rings. The van der Waals surface area contributed by atoms with E-state index in [0.717, 1.165) is 6.54 Å². The molecule has 0 aromatic heterocycles. The summed E-state index contributed by atoms with van der Waals surface area (Å²) < 4.78 is 0. The number of carbonyl (C=O) groups is 2. The van der Waals surface area contributed by atoms with Crippen molar-refractivity contribution >= 4 is 11.9 Å². The lowest BCUT2D eigenvalue weighted by Gasteiger charge is -2.20. The van der Waals surface area contributed by atoms with Crippen molar-refractivity contribution in [3.8, 4) is 0 Å². The zero-order valence-corrected chi connectivity index (χ0v) is 9.54. The van der Waals surface area contributed by atoms with E-state index in [1.807, 2.05) is 12.4 Å². The summed E-state index contributed by atoms with van der Waals surface area (Å²) in [5.41, 5.74) is 4.78. The van der Waals surface area contributed by atoms with E-state index in [0.29, 0.717) is 12.6 Å². The van der Waals surface area contributed by atoms with Crippen LogP contribution in [0.4, 0.5) is 4.79 Å². The molecule has 0 aliphatic carbocycles. The minimum absolute atomic E-state index is 0.106. The van der Waals surface area contributed by atoms with Crippen LogP contribution in [0.2, 0.25) is 0 Å². The molecule has 0 aliphatic rings. The molecule has 3 amide bonds. The molecule has 0 aliphatic heterocycles. The molecule has 0 saturated heterocycles. The van der Waals surface area contributed by atoms with Crippen molar-refractivity contribution in [3.05, 3.63) is 0 Å². The number of hydrogen-bond acceptors (Lipinski definition) is 4. The zero-order chi connectivity index (χ0) is 11.8. The highest BCUT2D eigenvalue weighted by Gasteiger charge is 2.04. The van der Waals surface area contributed by atoms with Gasteiger partial charge in [-0.3, -0.25) is 10.1 Å². The fraction of sp³-hybridized carbons (Fsp3) is 0.778. The Morgan fingerprint density at radius 3 is 2.47 bits per heavy atom. The van der Waals surface area contributed by atoms with Crippen molar-refractivity contribution in [1.82, 2.24) is 15.5 Å². The van der Waals surface area contributed by atoms with Crippen molar-refractivity contribution in [2.24, 2.45) is 5.73 Å². The van der Waals surface area contributed by atoms with Crippen LogP contribution in [0.25, 0.3) is 0 Å². The zero-order valence-electron chi connectivity index (χ0n) is 9.54. The highest BCUT2D eigenvalue weighted by Crippen LogP contribution is 1.90. The molecular weight excluding hydrogens is 196 g/mol. The predicted octanol–water partition coefficient (Wildman–Crippen LogP) is -0.889. The average molecular weight is 216 g/mol. The van der Waals surface area contributed by atoms with Crippen LogP contribution >= 0.6 is 0 Å². The van der Waals surface area contributed by atoms with E-state index in [-0.39, 0.29) is 6.54 Å². The Bertz CT molecular complexity index is 218. The molecular formula is C9H20N4O2. The molecule has 0 rings (SSSR count). The van der Waals surface area contributed by atoms with Crippen molar-refractivity contribution in [2.75, 3.05) is 26.7 Å². The van der Waals surface area contributed by atoms with Gasteiger partial charge in [0.25, 0.3) is 0 Å². The third-order valence-electron chi connectivity index (χ3n) is 2.07. The molecule has 6 heteroatoms. The van der Waals surface area contributed by atoms with E-state index >= 15 is 0 Å². The van der Waals surface area contributed by atoms with Gasteiger partial charge in [-0.05, 0) is 20.9 Å². The first-order valence-electron chi connectivity index (χ1n) is 4.93. The van der Waals surface area contributed by atoms with Crippen LogP contribution in [0.3, 0.4) is 0 Å². The van der Waals surface area contributed by atoms with Gasteiger partial charge in [0.1, 0.15) is 0 Å². The van der Waals surface area contributed by atoms with Gasteiger partial charge < -0.3 is 16.0 Å². The van der Waals surface area contributed by atoms with Crippen LogP contribution in [-0.2, 0) is 4.79 Å². The van der Waals surface area contributed by atoms with Gasteiger partial charge in [0.05, 0.1) is 6.54 Å². The third-order valence-corrected chi connectivity index (χ3v) is 2.07. The van der Waals surface area contributed by atoms with Crippen molar-refractivity contribution < 1.29 is 9.59 Å². The van der Waals surface area contributed by atoms with Crippen molar-refractivity contribution in [2.45, 2.75) is 19.9 Å². The Hall–Kier alpha value is -1.14. The molecule has 0 aromatic carbocycles. The SMILES string of the molecule is CC(C)N(C)CCNCC(=O)NC(N)=O. The van der Waals surface area contributed by atoms with E-state index in [2.05, 4.69) is 24.1 Å². The molecule has 0 unspecified atom stereocenters. The molecule has 88 valence electrons. The van der Waals surface area contributed by atoms with E-state index in [9.17, 15) is 9.59 Å². The van der Waals surface area contributed by atoms with Gasteiger partial charge in [-0.25, -0.2) is 4.79 Å². The van der Waals surface area contributed by atoms with Gasteiger partial charge in [-0.1, -0.05) is 0 Å². The Balaban J connectivity index is 3.46. The topological polar surface area (TPSA) is 87.5 Å². The van der Waals surface area contributed by atoms with E-state index < -0.39 is 11.9 Å². The highest BCUT2D eigenvalue weighted by atomic mass is 16.2. The third kappa shape index (κ3) is 7.90. The van der Waals surface area contributed by atoms with Crippen LogP contribution in [0.5, 0.6) is 0 Å². The molecule has 0 atom stereocenters. The van der Waals surface area contributed by atoms with Crippen LogP contribution in [0.1, 0.15) is 13.8 Å². The number of nitrogens with one attached hydrogen (secondary N) is 2. The number of urea groups is 1. The molecule has 4 N–H and O–H groups in total. The molecule has 0 heterocycles. The lowest BCUT2D eigenvalue weighted by atomic mass is 10.3. The predicted molar refractivity (Wildman–Crippen MR) is 58.4 cm³/mol. The van der Waals surface area contributed by atoms with Gasteiger partial charge in [-0.15, -0.1) is 0 Å². The lowest BCUT2D eigenvalue weighted by Crippen LogP contribution is -2.42. The van der Waals surface area contributed by atoms with E-state index in [4.69, 9.17) is 5.73 Å². The number of rotatable bonds is 6. The Morgan fingerprint density at radius 2 is 2.00 bits per heavy atom. The summed E-state index contributed by atoms with van der Waals surface area (Å²) in [6, 6.07) is -0.340. The summed E-state index contributed by atoms with van der Waals surface area (Å²) >= 11 is 0. The van der Waals surface area contributed by atoms with Crippen LogP contribution in [0.15, 0.2) is 0 Å². The number of nitrogens with zero attached hydrogens (tertiary/aromatic N) is 1. The van der Waals surface area contributed by atoms with Gasteiger partial charge in [0.2, 0.25) is 5.91 Å². The maximum atomic E-state index is 10.9. The monoisotopic (exact) mass is 216 g/mol. The lowest BCUT2D eigenvalue weighted by molar-refractivity contribution is -0.119. The first kappa shape index (κ1) is 13.9. The van der Waals surface area contributed by atoms with E-state index in [1.54, 1.807) is 0 Å². The van der Waals surface area contributed by atoms with Crippen molar-refractivity contribution in [3.63, 3.8) is 0 Å². The minimum atomic E-state index is -0.818. The molecule has 0 saturated carbocycles. The maximum Gasteiger partial charge on any atom is 0.318 e. The Labute approximate surface area is 90.2 Å². The number of likely N-dealkylation sites (N-methyl/N-ethyl adjacent to an activating group) is 1. The second kappa shape index (κ2) is 7.19. The van der Waals surface area contributed by atoms with Gasteiger partial charge in [0, 0.05) is 19.1 Å². The fourth-order valence-corrected chi connectivity index (χ4v) is 0.897. The normalized spacial score (nSPS) is 10.7. The standard InChI is InChI=1S/C9H20N4O2/c1-7(2)13(3)5-4-11-6-8(14)12-9(10)15/h7,11H,4-6H2,1-3H3,(H3,10,12,14,15). The fourth-order valence-electron chi connectivity index (χ4n) is 0.897. The summed E-state index contributed by atoms with van der Waals surface area (Å²) in [6.07, 6.45) is 0. The van der Waals surface area contributed by atoms with Crippen molar-refractivity contribution in [1.29, 1.82) is 0 Å². The molecule has 0 bridgehead atoms. The second-order valence-electron chi connectivity index (χ2n) is 3.66. The first-order valence-corrected chi connectivity index (χ1v) is 4.93. The number of amides is 3.